The summed E-state index contributed by atoms with van der Waals surface area (Å²) in [4.78, 5) is 14.7. The summed E-state index contributed by atoms with van der Waals surface area (Å²) >= 11 is 0. The molecule has 0 amide bonds. The van der Waals surface area contributed by atoms with Crippen molar-refractivity contribution < 1.29 is 8.83 Å². The van der Waals surface area contributed by atoms with Crippen LogP contribution in [0.2, 0.25) is 0 Å². The van der Waals surface area contributed by atoms with Crippen LogP contribution in [0, 0.1) is 0 Å². The van der Waals surface area contributed by atoms with Crippen molar-refractivity contribution in [1.82, 2.24) is 19.5 Å². The molecule has 6 nitrogen and oxygen atoms in total. The zero-order valence-corrected chi connectivity index (χ0v) is 30.4. The molecule has 57 heavy (non-hydrogen) atoms. The molecule has 0 aliphatic heterocycles. The van der Waals surface area contributed by atoms with Gasteiger partial charge in [-0.1, -0.05) is 140 Å². The van der Waals surface area contributed by atoms with Gasteiger partial charge in [-0.15, -0.1) is 0 Å². The summed E-state index contributed by atoms with van der Waals surface area (Å²) in [6, 6.07) is 62.7. The monoisotopic (exact) mass is 730 g/mol. The fraction of sp³-hybridized carbons (Fsp3) is 0. The van der Waals surface area contributed by atoms with Crippen LogP contribution in [0.3, 0.4) is 0 Å². The van der Waals surface area contributed by atoms with E-state index in [2.05, 4.69) is 114 Å². The van der Waals surface area contributed by atoms with E-state index in [-0.39, 0.29) is 0 Å². The lowest BCUT2D eigenvalue weighted by Crippen LogP contribution is -2.00. The maximum absolute atomic E-state index is 6.67. The average Bonchev–Trinajstić information content (AvgIpc) is 3.95. The highest BCUT2D eigenvalue weighted by molar-refractivity contribution is 6.17. The van der Waals surface area contributed by atoms with Crippen molar-refractivity contribution in [2.45, 2.75) is 0 Å². The molecule has 8 aromatic carbocycles. The van der Waals surface area contributed by atoms with Gasteiger partial charge in [-0.05, 0) is 48.0 Å². The number of para-hydroxylation sites is 3. The van der Waals surface area contributed by atoms with Gasteiger partial charge in [0.15, 0.2) is 17.5 Å². The molecule has 0 saturated carbocycles. The number of benzene rings is 8. The van der Waals surface area contributed by atoms with E-state index in [0.717, 1.165) is 93.8 Å². The van der Waals surface area contributed by atoms with E-state index >= 15 is 0 Å². The minimum absolute atomic E-state index is 0.621. The van der Waals surface area contributed by atoms with Crippen LogP contribution in [-0.4, -0.2) is 19.5 Å². The maximum atomic E-state index is 6.67. The van der Waals surface area contributed by atoms with Crippen LogP contribution in [0.15, 0.2) is 191 Å². The van der Waals surface area contributed by atoms with Crippen molar-refractivity contribution in [3.8, 4) is 51.0 Å². The van der Waals surface area contributed by atoms with Gasteiger partial charge in [0.1, 0.15) is 22.3 Å². The number of hydrogen-bond donors (Lipinski definition) is 0. The zero-order valence-electron chi connectivity index (χ0n) is 30.4. The summed E-state index contributed by atoms with van der Waals surface area (Å²) in [6.45, 7) is 0. The summed E-state index contributed by atoms with van der Waals surface area (Å²) in [6.07, 6.45) is 0. The predicted octanol–water partition coefficient (Wildman–Crippen LogP) is 13.4. The number of rotatable bonds is 5. The van der Waals surface area contributed by atoms with Crippen LogP contribution < -0.4 is 0 Å². The highest BCUT2D eigenvalue weighted by atomic mass is 16.3. The summed E-state index contributed by atoms with van der Waals surface area (Å²) in [5.41, 5.74) is 11.7. The first-order valence-corrected chi connectivity index (χ1v) is 19.0. The molecule has 0 aliphatic carbocycles. The summed E-state index contributed by atoms with van der Waals surface area (Å²) in [5, 5.41) is 6.69. The lowest BCUT2D eigenvalue weighted by atomic mass is 10.0. The molecule has 4 heterocycles. The highest BCUT2D eigenvalue weighted by Gasteiger charge is 2.19. The number of aromatic nitrogens is 4. The van der Waals surface area contributed by atoms with Crippen LogP contribution in [0.1, 0.15) is 0 Å². The summed E-state index contributed by atoms with van der Waals surface area (Å²) < 4.78 is 15.3. The first-order chi connectivity index (χ1) is 28.2. The van der Waals surface area contributed by atoms with E-state index in [0.29, 0.717) is 17.5 Å². The second kappa shape index (κ2) is 12.3. The Kier molecular flexibility index (Phi) is 6.83. The Morgan fingerprint density at radius 1 is 0.333 bits per heavy atom. The molecule has 0 aliphatic rings. The fourth-order valence-electron chi connectivity index (χ4n) is 8.35. The first-order valence-electron chi connectivity index (χ1n) is 19.0. The quantitative estimate of drug-likeness (QED) is 0.176. The van der Waals surface area contributed by atoms with Crippen LogP contribution in [-0.2, 0) is 0 Å². The minimum Gasteiger partial charge on any atom is -0.456 e. The molecule has 12 aromatic rings. The molecule has 0 N–H and O–H groups in total. The molecule has 0 atom stereocenters. The molecule has 6 heteroatoms. The van der Waals surface area contributed by atoms with Gasteiger partial charge in [-0.3, -0.25) is 0 Å². The van der Waals surface area contributed by atoms with Crippen molar-refractivity contribution in [3.05, 3.63) is 182 Å². The van der Waals surface area contributed by atoms with E-state index in [1.54, 1.807) is 0 Å². The fourth-order valence-corrected chi connectivity index (χ4v) is 8.35. The molecule has 0 saturated heterocycles. The zero-order chi connectivity index (χ0) is 37.5. The number of nitrogens with zero attached hydrogens (tertiary/aromatic N) is 4. The summed E-state index contributed by atoms with van der Waals surface area (Å²) in [5.74, 6) is 1.90. The second-order valence-electron chi connectivity index (χ2n) is 14.4. The van der Waals surface area contributed by atoms with Gasteiger partial charge in [-0.25, -0.2) is 15.0 Å². The topological polar surface area (TPSA) is 69.9 Å². The van der Waals surface area contributed by atoms with Crippen molar-refractivity contribution in [2.24, 2.45) is 0 Å². The maximum Gasteiger partial charge on any atom is 0.164 e. The Bertz CT molecular complexity index is 3450. The molecule has 0 fully saturated rings. The third-order valence-electron chi connectivity index (χ3n) is 11.1. The molecule has 4 aromatic heterocycles. The molecule has 12 rings (SSSR count). The first kappa shape index (κ1) is 31.5. The molecule has 266 valence electrons. The van der Waals surface area contributed by atoms with Crippen LogP contribution in [0.5, 0.6) is 0 Å². The van der Waals surface area contributed by atoms with Crippen LogP contribution >= 0.6 is 0 Å². The van der Waals surface area contributed by atoms with E-state index in [1.807, 2.05) is 72.8 Å². The molecule has 0 bridgehead atoms. The smallest absolute Gasteiger partial charge is 0.164 e. The Morgan fingerprint density at radius 2 is 0.912 bits per heavy atom. The third kappa shape index (κ3) is 5.01. The standard InChI is InChI=1S/C51H30N4O2/c1-3-12-32(13-4-1)49-52-50(33-14-5-2-6-15-33)54-51(53-49)34-24-22-31(23-25-34)36-18-11-19-39-41-28-35(26-27-46(41)57-48(36)39)55-43-20-9-7-16-37(43)40-30-47-42(29-44(40)55)38-17-8-10-21-45(38)56-47/h1-30H. The van der Waals surface area contributed by atoms with Crippen molar-refractivity contribution >= 4 is 65.7 Å². The predicted molar refractivity (Wildman–Crippen MR) is 230 cm³/mol. The van der Waals surface area contributed by atoms with Crippen LogP contribution in [0.4, 0.5) is 0 Å². The van der Waals surface area contributed by atoms with Gasteiger partial charge in [0.25, 0.3) is 0 Å². The van der Waals surface area contributed by atoms with Crippen molar-refractivity contribution in [3.63, 3.8) is 0 Å². The molecular formula is C51H30N4O2. The lowest BCUT2D eigenvalue weighted by molar-refractivity contribution is 0.669. The van der Waals surface area contributed by atoms with E-state index in [4.69, 9.17) is 23.8 Å². The Morgan fingerprint density at radius 3 is 1.65 bits per heavy atom. The van der Waals surface area contributed by atoms with Crippen LogP contribution in [0.25, 0.3) is 117 Å². The molecular weight excluding hydrogens is 701 g/mol. The Hall–Kier alpha value is -7.83. The minimum atomic E-state index is 0.621. The molecule has 0 unspecified atom stereocenters. The summed E-state index contributed by atoms with van der Waals surface area (Å²) in [7, 11) is 0. The second-order valence-corrected chi connectivity index (χ2v) is 14.4. The van der Waals surface area contributed by atoms with Gasteiger partial charge in [-0.2, -0.15) is 0 Å². The van der Waals surface area contributed by atoms with E-state index in [1.165, 1.54) is 5.39 Å². The van der Waals surface area contributed by atoms with Crippen molar-refractivity contribution in [1.29, 1.82) is 0 Å². The van der Waals surface area contributed by atoms with E-state index in [9.17, 15) is 0 Å². The highest BCUT2D eigenvalue weighted by Crippen LogP contribution is 2.41. The third-order valence-corrected chi connectivity index (χ3v) is 11.1. The van der Waals surface area contributed by atoms with E-state index < -0.39 is 0 Å². The number of hydrogen-bond acceptors (Lipinski definition) is 5. The van der Waals surface area contributed by atoms with Gasteiger partial charge < -0.3 is 13.4 Å². The van der Waals surface area contributed by atoms with Crippen molar-refractivity contribution in [2.75, 3.05) is 0 Å². The van der Waals surface area contributed by atoms with Gasteiger partial charge in [0.2, 0.25) is 0 Å². The number of fused-ring (bicyclic) bond motifs is 9. The SMILES string of the molecule is c1ccc(-c2nc(-c3ccccc3)nc(-c3ccc(-c4cccc5c4oc4ccc(-n6c7ccccc7c7cc8oc9ccccc9c8cc76)cc45)cc3)n2)cc1. The van der Waals surface area contributed by atoms with Gasteiger partial charge in [0, 0.05) is 60.3 Å². The normalized spacial score (nSPS) is 11.9. The molecule has 0 spiro atoms. The molecule has 0 radical (unpaired) electrons. The Labute approximate surface area is 325 Å². The largest absolute Gasteiger partial charge is 0.456 e. The van der Waals surface area contributed by atoms with Gasteiger partial charge >= 0.3 is 0 Å². The lowest BCUT2D eigenvalue weighted by Gasteiger charge is -2.09. The average molecular weight is 731 g/mol. The Balaban J connectivity index is 0.968. The van der Waals surface area contributed by atoms with Gasteiger partial charge in [0.05, 0.1) is 11.0 Å². The number of furan rings is 2.